The molecule has 0 fully saturated rings. The fourth-order valence-corrected chi connectivity index (χ4v) is 1.67. The maximum Gasteiger partial charge on any atom is 0.262 e. The zero-order valence-corrected chi connectivity index (χ0v) is 11.1. The largest absolute Gasteiger partial charge is 0.347 e. The van der Waals surface area contributed by atoms with E-state index in [1.807, 2.05) is 0 Å². The van der Waals surface area contributed by atoms with Crippen LogP contribution in [0, 0.1) is 17.1 Å². The van der Waals surface area contributed by atoms with Gasteiger partial charge in [0.2, 0.25) is 0 Å². The van der Waals surface area contributed by atoms with Crippen LogP contribution in [0.1, 0.15) is 11.1 Å². The first kappa shape index (κ1) is 14.4. The molecule has 1 heterocycles. The molecule has 2 rings (SSSR count). The molecule has 104 valence electrons. The summed E-state index contributed by atoms with van der Waals surface area (Å²) in [5, 5.41) is 11.6. The second-order valence-electron chi connectivity index (χ2n) is 4.23. The van der Waals surface area contributed by atoms with Gasteiger partial charge in [0, 0.05) is 24.5 Å². The predicted molar refractivity (Wildman–Crippen MR) is 76.1 cm³/mol. The Kier molecular flexibility index (Phi) is 4.78. The molecule has 0 aliphatic carbocycles. The number of benzene rings is 1. The van der Waals surface area contributed by atoms with Gasteiger partial charge in [-0.15, -0.1) is 0 Å². The number of carbonyl (C=O) groups is 1. The maximum atomic E-state index is 13.5. The van der Waals surface area contributed by atoms with Crippen molar-refractivity contribution < 1.29 is 9.18 Å². The lowest BCUT2D eigenvalue weighted by Gasteiger charge is -2.04. The normalized spacial score (nSPS) is 10.8. The molecule has 0 bridgehead atoms. The number of halogens is 1. The molecule has 1 aromatic carbocycles. The summed E-state index contributed by atoms with van der Waals surface area (Å²) in [6, 6.07) is 11.3. The van der Waals surface area contributed by atoms with Crippen LogP contribution in [0.3, 0.4) is 0 Å². The highest BCUT2D eigenvalue weighted by Gasteiger charge is 2.10. The van der Waals surface area contributed by atoms with E-state index in [9.17, 15) is 9.18 Å². The van der Waals surface area contributed by atoms with Crippen molar-refractivity contribution in [2.75, 3.05) is 0 Å². The van der Waals surface area contributed by atoms with Crippen molar-refractivity contribution in [2.24, 2.45) is 0 Å². The standard InChI is InChI=1S/C16H12FN3O/c17-15-4-2-1-3-13(15)9-14(10-18)16(21)20-11-12-5-7-19-8-6-12/h1-9H,11H2,(H,20,21)/b14-9+. The molecule has 0 atom stereocenters. The maximum absolute atomic E-state index is 13.5. The molecular formula is C16H12FN3O. The predicted octanol–water partition coefficient (Wildman–Crippen LogP) is 2.44. The number of nitriles is 1. The van der Waals surface area contributed by atoms with Gasteiger partial charge in [-0.1, -0.05) is 18.2 Å². The molecule has 21 heavy (non-hydrogen) atoms. The fourth-order valence-electron chi connectivity index (χ4n) is 1.67. The summed E-state index contributed by atoms with van der Waals surface area (Å²) in [5.74, 6) is -1.02. The van der Waals surface area contributed by atoms with Crippen LogP contribution in [-0.2, 0) is 11.3 Å². The van der Waals surface area contributed by atoms with Crippen LogP contribution in [0.5, 0.6) is 0 Å². The van der Waals surface area contributed by atoms with E-state index in [2.05, 4.69) is 10.3 Å². The van der Waals surface area contributed by atoms with Gasteiger partial charge in [-0.2, -0.15) is 5.26 Å². The highest BCUT2D eigenvalue weighted by molar-refractivity contribution is 6.01. The monoisotopic (exact) mass is 281 g/mol. The van der Waals surface area contributed by atoms with E-state index in [0.29, 0.717) is 0 Å². The van der Waals surface area contributed by atoms with Crippen molar-refractivity contribution in [2.45, 2.75) is 6.54 Å². The van der Waals surface area contributed by atoms with E-state index in [4.69, 9.17) is 5.26 Å². The van der Waals surface area contributed by atoms with Crippen LogP contribution in [0.15, 0.2) is 54.4 Å². The van der Waals surface area contributed by atoms with E-state index in [1.54, 1.807) is 42.7 Å². The average Bonchev–Trinajstić information content (AvgIpc) is 2.53. The summed E-state index contributed by atoms with van der Waals surface area (Å²) in [6.07, 6.45) is 4.46. The molecular weight excluding hydrogens is 269 g/mol. The van der Waals surface area contributed by atoms with Gasteiger partial charge < -0.3 is 5.32 Å². The fraction of sp³-hybridized carbons (Fsp3) is 0.0625. The van der Waals surface area contributed by atoms with Crippen molar-refractivity contribution in [3.63, 3.8) is 0 Å². The molecule has 0 radical (unpaired) electrons. The van der Waals surface area contributed by atoms with Crippen LogP contribution in [0.4, 0.5) is 4.39 Å². The number of hydrogen-bond donors (Lipinski definition) is 1. The SMILES string of the molecule is N#C/C(=C\c1ccccc1F)C(=O)NCc1ccncc1. The van der Waals surface area contributed by atoms with Gasteiger partial charge in [0.25, 0.3) is 5.91 Å². The molecule has 0 aliphatic rings. The number of nitrogens with one attached hydrogen (secondary N) is 1. The van der Waals surface area contributed by atoms with Crippen molar-refractivity contribution in [3.8, 4) is 6.07 Å². The quantitative estimate of drug-likeness (QED) is 0.691. The van der Waals surface area contributed by atoms with Crippen LogP contribution in [0.2, 0.25) is 0 Å². The summed E-state index contributed by atoms with van der Waals surface area (Å²) in [7, 11) is 0. The molecule has 0 saturated carbocycles. The first-order valence-corrected chi connectivity index (χ1v) is 6.24. The second kappa shape index (κ2) is 6.96. The Hall–Kier alpha value is -3.00. The Labute approximate surface area is 121 Å². The molecule has 1 N–H and O–H groups in total. The number of hydrogen-bond acceptors (Lipinski definition) is 3. The average molecular weight is 281 g/mol. The molecule has 0 saturated heterocycles. The topological polar surface area (TPSA) is 65.8 Å². The number of carbonyl (C=O) groups excluding carboxylic acids is 1. The minimum atomic E-state index is -0.544. The molecule has 1 amide bonds. The second-order valence-corrected chi connectivity index (χ2v) is 4.23. The van der Waals surface area contributed by atoms with E-state index >= 15 is 0 Å². The van der Waals surface area contributed by atoms with Crippen molar-refractivity contribution in [1.82, 2.24) is 10.3 Å². The summed E-state index contributed by atoms with van der Waals surface area (Å²) in [4.78, 5) is 15.8. The molecule has 2 aromatic rings. The van der Waals surface area contributed by atoms with E-state index in [1.165, 1.54) is 18.2 Å². The number of nitrogens with zero attached hydrogens (tertiary/aromatic N) is 2. The third-order valence-corrected chi connectivity index (χ3v) is 2.77. The first-order chi connectivity index (χ1) is 10.2. The Morgan fingerprint density at radius 3 is 2.67 bits per heavy atom. The molecule has 5 heteroatoms. The highest BCUT2D eigenvalue weighted by Crippen LogP contribution is 2.11. The minimum Gasteiger partial charge on any atom is -0.347 e. The Bertz CT molecular complexity index is 705. The summed E-state index contributed by atoms with van der Waals surface area (Å²) >= 11 is 0. The zero-order valence-electron chi connectivity index (χ0n) is 11.1. The van der Waals surface area contributed by atoms with Gasteiger partial charge >= 0.3 is 0 Å². The number of rotatable bonds is 4. The van der Waals surface area contributed by atoms with Crippen molar-refractivity contribution >= 4 is 12.0 Å². The third kappa shape index (κ3) is 3.98. The summed E-state index contributed by atoms with van der Waals surface area (Å²) in [6.45, 7) is 0.275. The van der Waals surface area contributed by atoms with Crippen LogP contribution in [0.25, 0.3) is 6.08 Å². The smallest absolute Gasteiger partial charge is 0.262 e. The van der Waals surface area contributed by atoms with Crippen molar-refractivity contribution in [3.05, 3.63) is 71.3 Å². The van der Waals surface area contributed by atoms with E-state index in [-0.39, 0.29) is 17.7 Å². The molecule has 0 spiro atoms. The Morgan fingerprint density at radius 2 is 2.00 bits per heavy atom. The lowest BCUT2D eigenvalue weighted by Crippen LogP contribution is -2.24. The molecule has 0 aliphatic heterocycles. The highest BCUT2D eigenvalue weighted by atomic mass is 19.1. The molecule has 4 nitrogen and oxygen atoms in total. The van der Waals surface area contributed by atoms with Gasteiger partial charge in [0.15, 0.2) is 0 Å². The van der Waals surface area contributed by atoms with Crippen molar-refractivity contribution in [1.29, 1.82) is 5.26 Å². The number of amides is 1. The van der Waals surface area contributed by atoms with Gasteiger partial charge in [-0.05, 0) is 29.8 Å². The lowest BCUT2D eigenvalue weighted by molar-refractivity contribution is -0.117. The third-order valence-electron chi connectivity index (χ3n) is 2.77. The van der Waals surface area contributed by atoms with Gasteiger partial charge in [-0.25, -0.2) is 4.39 Å². The van der Waals surface area contributed by atoms with Gasteiger partial charge in [0.1, 0.15) is 17.5 Å². The summed E-state index contributed by atoms with van der Waals surface area (Å²) < 4.78 is 13.5. The van der Waals surface area contributed by atoms with Crippen LogP contribution in [-0.4, -0.2) is 10.9 Å². The Morgan fingerprint density at radius 1 is 1.29 bits per heavy atom. The van der Waals surface area contributed by atoms with Gasteiger partial charge in [-0.3, -0.25) is 9.78 Å². The first-order valence-electron chi connectivity index (χ1n) is 6.24. The zero-order chi connectivity index (χ0) is 15.1. The van der Waals surface area contributed by atoms with E-state index in [0.717, 1.165) is 5.56 Å². The van der Waals surface area contributed by atoms with Gasteiger partial charge in [0.05, 0.1) is 0 Å². The Balaban J connectivity index is 2.09. The lowest BCUT2D eigenvalue weighted by atomic mass is 10.1. The number of aromatic nitrogens is 1. The number of pyridine rings is 1. The van der Waals surface area contributed by atoms with E-state index < -0.39 is 11.7 Å². The summed E-state index contributed by atoms with van der Waals surface area (Å²) in [5.41, 5.74) is 0.920. The van der Waals surface area contributed by atoms with Crippen LogP contribution >= 0.6 is 0 Å². The molecule has 0 unspecified atom stereocenters. The molecule has 1 aromatic heterocycles. The minimum absolute atomic E-state index is 0.144. The van der Waals surface area contributed by atoms with Crippen LogP contribution < -0.4 is 5.32 Å².